The maximum Gasteiger partial charge on any atom is 0.242 e. The van der Waals surface area contributed by atoms with Gasteiger partial charge in [-0.3, -0.25) is 5.10 Å². The summed E-state index contributed by atoms with van der Waals surface area (Å²) < 4.78 is 27.7. The van der Waals surface area contributed by atoms with Crippen LogP contribution in [0.4, 0.5) is 0 Å². The molecular weight excluding hydrogens is 308 g/mol. The third-order valence-electron chi connectivity index (χ3n) is 3.02. The number of H-pyrrole nitrogens is 1. The number of nitrogens with one attached hydrogen (secondary N) is 3. The Bertz CT molecular complexity index is 662. The molecule has 0 fully saturated rings. The molecule has 0 spiro atoms. The van der Waals surface area contributed by atoms with Crippen molar-refractivity contribution < 1.29 is 8.42 Å². The van der Waals surface area contributed by atoms with E-state index in [2.05, 4.69) is 20.2 Å². The summed E-state index contributed by atoms with van der Waals surface area (Å²) in [6.45, 7) is 6.40. The summed E-state index contributed by atoms with van der Waals surface area (Å²) >= 11 is 1.44. The molecule has 0 amide bonds. The van der Waals surface area contributed by atoms with Crippen molar-refractivity contribution >= 4 is 21.4 Å². The fourth-order valence-electron chi connectivity index (χ4n) is 1.86. The van der Waals surface area contributed by atoms with Gasteiger partial charge in [-0.15, -0.1) is 11.3 Å². The first kappa shape index (κ1) is 16.2. The Morgan fingerprint density at radius 2 is 2.14 bits per heavy atom. The lowest BCUT2D eigenvalue weighted by Gasteiger charge is -2.14. The van der Waals surface area contributed by atoms with Crippen molar-refractivity contribution in [3.05, 3.63) is 34.3 Å². The smallest absolute Gasteiger partial charge is 0.242 e. The molecule has 0 aliphatic carbocycles. The van der Waals surface area contributed by atoms with Crippen molar-refractivity contribution in [3.63, 3.8) is 0 Å². The maximum atomic E-state index is 12.5. The Morgan fingerprint density at radius 1 is 1.38 bits per heavy atom. The normalized spacial score (nSPS) is 13.7. The van der Waals surface area contributed by atoms with E-state index in [1.54, 1.807) is 30.8 Å². The average molecular weight is 328 g/mol. The Labute approximate surface area is 129 Å². The van der Waals surface area contributed by atoms with Crippen molar-refractivity contribution in [1.29, 1.82) is 0 Å². The van der Waals surface area contributed by atoms with E-state index < -0.39 is 10.0 Å². The van der Waals surface area contributed by atoms with E-state index in [-0.39, 0.29) is 6.04 Å². The van der Waals surface area contributed by atoms with Crippen LogP contribution in [0, 0.1) is 0 Å². The van der Waals surface area contributed by atoms with E-state index in [1.807, 2.05) is 13.8 Å². The molecule has 1 atom stereocenters. The minimum atomic E-state index is -3.54. The lowest BCUT2D eigenvalue weighted by Crippen LogP contribution is -2.28. The van der Waals surface area contributed by atoms with E-state index >= 15 is 0 Å². The summed E-state index contributed by atoms with van der Waals surface area (Å²) in [5.74, 6) is 0. The molecule has 2 aromatic rings. The van der Waals surface area contributed by atoms with Crippen LogP contribution < -0.4 is 10.0 Å². The minimum Gasteiger partial charge on any atom is -0.310 e. The van der Waals surface area contributed by atoms with E-state index in [0.717, 1.165) is 10.4 Å². The molecule has 116 valence electrons. The van der Waals surface area contributed by atoms with Gasteiger partial charge >= 0.3 is 0 Å². The molecule has 21 heavy (non-hydrogen) atoms. The Morgan fingerprint density at radius 3 is 2.76 bits per heavy atom. The number of aromatic amines is 1. The molecule has 0 saturated heterocycles. The van der Waals surface area contributed by atoms with Gasteiger partial charge in [-0.1, -0.05) is 13.8 Å². The third kappa shape index (κ3) is 4.13. The van der Waals surface area contributed by atoms with E-state index in [1.165, 1.54) is 11.3 Å². The second-order valence-corrected chi connectivity index (χ2v) is 7.80. The summed E-state index contributed by atoms with van der Waals surface area (Å²) in [4.78, 5) is 1.16. The third-order valence-corrected chi connectivity index (χ3v) is 5.69. The predicted octanol–water partition coefficient (Wildman–Crippen LogP) is 2.01. The van der Waals surface area contributed by atoms with Crippen LogP contribution in [0.25, 0.3) is 0 Å². The lowest BCUT2D eigenvalue weighted by atomic mass is 10.2. The van der Waals surface area contributed by atoms with Gasteiger partial charge in [0.15, 0.2) is 0 Å². The second kappa shape index (κ2) is 6.69. The zero-order valence-corrected chi connectivity index (χ0v) is 13.9. The zero-order valence-electron chi connectivity index (χ0n) is 12.3. The van der Waals surface area contributed by atoms with Crippen LogP contribution in [-0.4, -0.2) is 24.7 Å². The van der Waals surface area contributed by atoms with Crippen molar-refractivity contribution in [3.8, 4) is 0 Å². The molecule has 2 aromatic heterocycles. The van der Waals surface area contributed by atoms with Crippen molar-refractivity contribution in [2.75, 3.05) is 0 Å². The molecule has 0 aliphatic rings. The van der Waals surface area contributed by atoms with E-state index in [0.29, 0.717) is 17.5 Å². The van der Waals surface area contributed by atoms with Crippen LogP contribution in [-0.2, 0) is 16.6 Å². The number of aromatic nitrogens is 2. The topological polar surface area (TPSA) is 86.9 Å². The molecule has 6 nitrogen and oxygen atoms in total. The number of hydrogen-bond donors (Lipinski definition) is 3. The first-order chi connectivity index (χ1) is 9.90. The Balaban J connectivity index is 2.14. The van der Waals surface area contributed by atoms with Crippen molar-refractivity contribution in [2.24, 2.45) is 0 Å². The number of hydrogen-bond acceptors (Lipinski definition) is 5. The number of thiophene rings is 1. The largest absolute Gasteiger partial charge is 0.310 e. The molecule has 8 heteroatoms. The maximum absolute atomic E-state index is 12.5. The summed E-state index contributed by atoms with van der Waals surface area (Å²) in [7, 11) is -3.54. The fraction of sp³-hybridized carbons (Fsp3) is 0.462. The predicted molar refractivity (Wildman–Crippen MR) is 83.6 cm³/mol. The lowest BCUT2D eigenvalue weighted by molar-refractivity contribution is 0.561. The highest BCUT2D eigenvalue weighted by molar-refractivity contribution is 7.89. The van der Waals surface area contributed by atoms with E-state index in [4.69, 9.17) is 0 Å². The Hall–Kier alpha value is -1.22. The molecule has 0 aromatic carbocycles. The Kier molecular flexibility index (Phi) is 5.15. The summed E-state index contributed by atoms with van der Waals surface area (Å²) in [5.41, 5.74) is 0.802. The van der Waals surface area contributed by atoms with Crippen LogP contribution in [0.3, 0.4) is 0 Å². The molecule has 0 bridgehead atoms. The monoisotopic (exact) mass is 328 g/mol. The molecule has 2 rings (SSSR count). The summed E-state index contributed by atoms with van der Waals surface area (Å²) in [5, 5.41) is 11.6. The molecule has 3 N–H and O–H groups in total. The molecule has 0 radical (unpaired) electrons. The van der Waals surface area contributed by atoms with Gasteiger partial charge < -0.3 is 5.32 Å². The van der Waals surface area contributed by atoms with Crippen LogP contribution in [0.15, 0.2) is 28.7 Å². The second-order valence-electron chi connectivity index (χ2n) is 5.12. The molecule has 0 aliphatic heterocycles. The fourth-order valence-corrected chi connectivity index (χ4v) is 4.48. The summed E-state index contributed by atoms with van der Waals surface area (Å²) in [6, 6.07) is 1.62. The number of sulfonamides is 1. The highest BCUT2D eigenvalue weighted by atomic mass is 32.2. The van der Waals surface area contributed by atoms with Gasteiger partial charge in [-0.25, -0.2) is 13.1 Å². The highest BCUT2D eigenvalue weighted by Gasteiger charge is 2.22. The van der Waals surface area contributed by atoms with Crippen molar-refractivity contribution in [2.45, 2.75) is 44.3 Å². The van der Waals surface area contributed by atoms with Crippen LogP contribution in [0.5, 0.6) is 0 Å². The van der Waals surface area contributed by atoms with Crippen LogP contribution in [0.2, 0.25) is 0 Å². The van der Waals surface area contributed by atoms with Gasteiger partial charge in [-0.05, 0) is 18.4 Å². The number of rotatable bonds is 7. The molecule has 2 heterocycles. The quantitative estimate of drug-likeness (QED) is 0.725. The number of nitrogens with zero attached hydrogens (tertiary/aromatic N) is 1. The zero-order chi connectivity index (χ0) is 15.5. The first-order valence-electron chi connectivity index (χ1n) is 6.71. The molecular formula is C13H20N4O2S2. The van der Waals surface area contributed by atoms with Crippen molar-refractivity contribution in [1.82, 2.24) is 20.2 Å². The highest BCUT2D eigenvalue weighted by Crippen LogP contribution is 2.24. The first-order valence-corrected chi connectivity index (χ1v) is 9.07. The van der Waals surface area contributed by atoms with Gasteiger partial charge in [0.25, 0.3) is 0 Å². The van der Waals surface area contributed by atoms with Gasteiger partial charge in [-0.2, -0.15) is 5.10 Å². The SMILES string of the molecule is CC(C)NCc1sccc1S(=O)(=O)NC(C)c1cn[nH]c1. The standard InChI is InChI=1S/C13H20N4O2S2/c1-9(2)14-8-12-13(4-5-20-12)21(18,19)17-10(3)11-6-15-16-7-11/h4-7,9-10,14,17H,8H2,1-3H3,(H,15,16). The summed E-state index contributed by atoms with van der Waals surface area (Å²) in [6.07, 6.45) is 3.30. The minimum absolute atomic E-state index is 0.306. The van der Waals surface area contributed by atoms with E-state index in [9.17, 15) is 8.42 Å². The molecule has 0 saturated carbocycles. The average Bonchev–Trinajstić information content (AvgIpc) is 3.07. The van der Waals surface area contributed by atoms with Gasteiger partial charge in [0.1, 0.15) is 0 Å². The van der Waals surface area contributed by atoms with Gasteiger partial charge in [0.2, 0.25) is 10.0 Å². The van der Waals surface area contributed by atoms with Gasteiger partial charge in [0.05, 0.1) is 11.1 Å². The molecule has 1 unspecified atom stereocenters. The van der Waals surface area contributed by atoms with Gasteiger partial charge in [0, 0.05) is 35.3 Å². The van der Waals surface area contributed by atoms with Crippen LogP contribution in [0.1, 0.15) is 37.3 Å². The van der Waals surface area contributed by atoms with Crippen LogP contribution >= 0.6 is 11.3 Å².